The molecule has 1 aliphatic heterocycles. The van der Waals surface area contributed by atoms with E-state index in [9.17, 15) is 53.8 Å². The van der Waals surface area contributed by atoms with Crippen molar-refractivity contribution in [1.29, 1.82) is 0 Å². The predicted molar refractivity (Wildman–Crippen MR) is 120 cm³/mol. The largest absolute Gasteiger partial charge is 0.508 e. The van der Waals surface area contributed by atoms with Crippen molar-refractivity contribution in [2.24, 2.45) is 0 Å². The molecule has 0 radical (unpaired) electrons. The highest BCUT2D eigenvalue weighted by molar-refractivity contribution is 7.81. The lowest BCUT2D eigenvalue weighted by molar-refractivity contribution is -0.271. The lowest BCUT2D eigenvalue weighted by Crippen LogP contribution is -2.61. The first-order valence-corrected chi connectivity index (χ1v) is 11.7. The zero-order chi connectivity index (χ0) is 28.1. The minimum absolute atomic E-state index is 0.279. The molecule has 0 bridgehead atoms. The molecule has 16 nitrogen and oxygen atoms in total. The highest BCUT2D eigenvalue weighted by Gasteiger charge is 2.48. The van der Waals surface area contributed by atoms with Gasteiger partial charge in [0.25, 0.3) is 0 Å². The summed E-state index contributed by atoms with van der Waals surface area (Å²) in [5, 5.41) is 68.9. The minimum Gasteiger partial charge on any atom is -0.508 e. The molecule has 0 amide bonds. The molecule has 8 N–H and O–H groups in total. The zero-order valence-electron chi connectivity index (χ0n) is 18.5. The van der Waals surface area contributed by atoms with Gasteiger partial charge in [0, 0.05) is 17.7 Å². The van der Waals surface area contributed by atoms with Gasteiger partial charge in [-0.05, 0) is 18.2 Å². The molecule has 2 aromatic carbocycles. The van der Waals surface area contributed by atoms with Gasteiger partial charge in [0.15, 0.2) is 23.4 Å². The Labute approximate surface area is 210 Å². The molecule has 17 heteroatoms. The Kier molecular flexibility index (Phi) is 6.82. The van der Waals surface area contributed by atoms with E-state index in [1.165, 1.54) is 0 Å². The molecule has 1 fully saturated rings. The van der Waals surface area contributed by atoms with Gasteiger partial charge in [-0.2, -0.15) is 8.42 Å². The second kappa shape index (κ2) is 9.63. The number of carbonyl (C=O) groups is 1. The van der Waals surface area contributed by atoms with Crippen LogP contribution in [0.15, 0.2) is 39.5 Å². The number of hydrogen-bond donors (Lipinski definition) is 8. The molecule has 38 heavy (non-hydrogen) atoms. The Hall–Kier alpha value is -4.13. The van der Waals surface area contributed by atoms with Crippen LogP contribution in [0.1, 0.15) is 0 Å². The Morgan fingerprint density at radius 2 is 1.63 bits per heavy atom. The smallest absolute Gasteiger partial charge is 0.446 e. The van der Waals surface area contributed by atoms with Gasteiger partial charge in [0.05, 0.1) is 0 Å². The van der Waals surface area contributed by atoms with E-state index >= 15 is 0 Å². The van der Waals surface area contributed by atoms with Gasteiger partial charge in [-0.15, -0.1) is 0 Å². The summed E-state index contributed by atoms with van der Waals surface area (Å²) >= 11 is 0. The number of phenolic OH excluding ortho intramolecular Hbond substituents is 3. The Bertz CT molecular complexity index is 1580. The molecular weight excluding hydrogens is 540 g/mol. The lowest BCUT2D eigenvalue weighted by Gasteiger charge is -2.38. The van der Waals surface area contributed by atoms with Gasteiger partial charge in [0.1, 0.15) is 40.8 Å². The fourth-order valence-electron chi connectivity index (χ4n) is 3.67. The second-order valence-corrected chi connectivity index (χ2v) is 9.00. The number of benzene rings is 2. The first-order chi connectivity index (χ1) is 17.7. The number of fused-ring (bicyclic) bond motifs is 1. The second-order valence-electron chi connectivity index (χ2n) is 7.97. The number of phenols is 3. The van der Waals surface area contributed by atoms with Crippen LogP contribution in [0, 0.1) is 0 Å². The Morgan fingerprint density at radius 3 is 2.26 bits per heavy atom. The van der Waals surface area contributed by atoms with Crippen LogP contribution in [0.2, 0.25) is 0 Å². The van der Waals surface area contributed by atoms with Crippen LogP contribution in [-0.2, 0) is 19.9 Å². The van der Waals surface area contributed by atoms with Crippen molar-refractivity contribution in [3.63, 3.8) is 0 Å². The average molecular weight is 558 g/mol. The zero-order valence-corrected chi connectivity index (χ0v) is 19.3. The average Bonchev–Trinajstić information content (AvgIpc) is 2.80. The molecular formula is C21H18O16S. The number of carboxylic acids is 1. The number of carboxylic acid groups (broad SMARTS) is 1. The Balaban J connectivity index is 1.93. The van der Waals surface area contributed by atoms with Crippen molar-refractivity contribution in [3.05, 3.63) is 40.6 Å². The molecule has 1 aromatic heterocycles. The summed E-state index contributed by atoms with van der Waals surface area (Å²) in [5.74, 6) is -6.19. The molecule has 5 unspecified atom stereocenters. The fourth-order valence-corrected chi connectivity index (χ4v) is 4.03. The van der Waals surface area contributed by atoms with Crippen LogP contribution >= 0.6 is 0 Å². The third-order valence-electron chi connectivity index (χ3n) is 5.38. The number of aliphatic hydroxyl groups is 3. The summed E-state index contributed by atoms with van der Waals surface area (Å²) in [4.78, 5) is 24.8. The number of hydrogen-bond acceptors (Lipinski definition) is 14. The molecule has 0 aliphatic carbocycles. The SMILES string of the molecule is O=C(O)C1OC(Oc2c(-c3ccc(O)c(OS(=O)(=O)O)c3)oc3cc(O)cc(O)c3c2=O)C(O)C(O)C1O. The molecule has 0 saturated carbocycles. The van der Waals surface area contributed by atoms with Gasteiger partial charge in [-0.25, -0.2) is 4.79 Å². The summed E-state index contributed by atoms with van der Waals surface area (Å²) in [6.45, 7) is 0. The van der Waals surface area contributed by atoms with E-state index in [4.69, 9.17) is 18.4 Å². The van der Waals surface area contributed by atoms with Crippen molar-refractivity contribution in [1.82, 2.24) is 0 Å². The highest BCUT2D eigenvalue weighted by atomic mass is 32.3. The summed E-state index contributed by atoms with van der Waals surface area (Å²) in [6, 6.07) is 4.42. The topological polar surface area (TPSA) is 271 Å². The molecule has 4 rings (SSSR count). The monoisotopic (exact) mass is 558 g/mol. The van der Waals surface area contributed by atoms with Crippen LogP contribution in [0.3, 0.4) is 0 Å². The van der Waals surface area contributed by atoms with Crippen molar-refractivity contribution in [2.75, 3.05) is 0 Å². The number of ether oxygens (including phenoxy) is 2. The third kappa shape index (κ3) is 5.01. The van der Waals surface area contributed by atoms with Crippen molar-refractivity contribution >= 4 is 27.3 Å². The maximum atomic E-state index is 13.4. The van der Waals surface area contributed by atoms with E-state index in [-0.39, 0.29) is 5.56 Å². The molecule has 2 heterocycles. The van der Waals surface area contributed by atoms with Crippen LogP contribution in [0.25, 0.3) is 22.3 Å². The Morgan fingerprint density at radius 1 is 0.947 bits per heavy atom. The van der Waals surface area contributed by atoms with Gasteiger partial charge >= 0.3 is 16.4 Å². The van der Waals surface area contributed by atoms with Crippen LogP contribution in [0.4, 0.5) is 0 Å². The van der Waals surface area contributed by atoms with E-state index in [1.807, 2.05) is 0 Å². The number of aromatic hydroxyl groups is 3. The molecule has 1 saturated heterocycles. The van der Waals surface area contributed by atoms with Crippen molar-refractivity contribution < 1.29 is 71.6 Å². The quantitative estimate of drug-likeness (QED) is 0.169. The molecule has 0 spiro atoms. The van der Waals surface area contributed by atoms with Crippen LogP contribution < -0.4 is 14.3 Å². The summed E-state index contributed by atoms with van der Waals surface area (Å²) in [6.07, 6.45) is -10.5. The first-order valence-electron chi connectivity index (χ1n) is 10.3. The van der Waals surface area contributed by atoms with Crippen LogP contribution in [0.5, 0.6) is 28.7 Å². The molecule has 5 atom stereocenters. The number of rotatable bonds is 6. The third-order valence-corrected chi connectivity index (χ3v) is 5.77. The maximum absolute atomic E-state index is 13.4. The van der Waals surface area contributed by atoms with E-state index in [0.717, 1.165) is 30.3 Å². The minimum atomic E-state index is -5.13. The molecule has 204 valence electrons. The van der Waals surface area contributed by atoms with Gasteiger partial charge in [-0.3, -0.25) is 9.35 Å². The van der Waals surface area contributed by atoms with E-state index in [2.05, 4.69) is 4.18 Å². The summed E-state index contributed by atoms with van der Waals surface area (Å²) in [7, 11) is -5.13. The predicted octanol–water partition coefficient (Wildman–Crippen LogP) is -0.971. The van der Waals surface area contributed by atoms with E-state index in [0.29, 0.717) is 0 Å². The van der Waals surface area contributed by atoms with Crippen molar-refractivity contribution in [3.8, 4) is 40.1 Å². The maximum Gasteiger partial charge on any atom is 0.446 e. The number of aliphatic carboxylic acids is 1. The summed E-state index contributed by atoms with van der Waals surface area (Å²) in [5.41, 5.74) is -1.88. The normalized spacial score (nSPS) is 23.7. The first kappa shape index (κ1) is 26.9. The standard InChI is InChI=1S/C21H18O16S/c22-7-4-9(24)12-11(5-7)34-17(6-1-2-8(23)10(3-6)37-38(31,32)33)18(13(12)25)35-21-16(28)14(26)15(27)19(36-21)20(29)30/h1-5,14-16,19,21-24,26-28H,(H,29,30)(H,31,32,33). The molecule has 1 aliphatic rings. The van der Waals surface area contributed by atoms with E-state index in [1.54, 1.807) is 0 Å². The van der Waals surface area contributed by atoms with Crippen molar-refractivity contribution in [2.45, 2.75) is 30.7 Å². The molecule has 3 aromatic rings. The fraction of sp³-hybridized carbons (Fsp3) is 0.238. The van der Waals surface area contributed by atoms with E-state index < -0.39 is 98.0 Å². The van der Waals surface area contributed by atoms with Gasteiger partial charge < -0.3 is 53.8 Å². The van der Waals surface area contributed by atoms with Gasteiger partial charge in [-0.1, -0.05) is 0 Å². The highest BCUT2D eigenvalue weighted by Crippen LogP contribution is 2.40. The van der Waals surface area contributed by atoms with Crippen LogP contribution in [-0.4, -0.2) is 85.4 Å². The van der Waals surface area contributed by atoms with Gasteiger partial charge in [0.2, 0.25) is 17.5 Å². The lowest BCUT2D eigenvalue weighted by atomic mass is 9.99. The number of aliphatic hydroxyl groups excluding tert-OH is 3. The summed E-state index contributed by atoms with van der Waals surface area (Å²) < 4.78 is 51.5.